The fourth-order valence-corrected chi connectivity index (χ4v) is 1.05. The molecule has 5 nitrogen and oxygen atoms in total. The highest BCUT2D eigenvalue weighted by Crippen LogP contribution is 2.21. The number of hydrogen-bond acceptors (Lipinski definition) is 3. The fraction of sp³-hybridized carbons (Fsp3) is 0.222. The summed E-state index contributed by atoms with van der Waals surface area (Å²) in [7, 11) is 0. The Morgan fingerprint density at radius 1 is 1.50 bits per heavy atom. The Morgan fingerprint density at radius 2 is 2.14 bits per heavy atom. The average Bonchev–Trinajstić information content (AvgIpc) is 2.07. The average molecular weight is 194 g/mol. The van der Waals surface area contributed by atoms with Crippen molar-refractivity contribution in [2.24, 2.45) is 0 Å². The number of nitrogens with zero attached hydrogens (tertiary/aromatic N) is 1. The first-order valence-corrected chi connectivity index (χ1v) is 4.03. The van der Waals surface area contributed by atoms with Crippen LogP contribution in [-0.2, 0) is 4.79 Å². The van der Waals surface area contributed by atoms with Gasteiger partial charge in [-0.05, 0) is 12.5 Å². The minimum atomic E-state index is -0.495. The van der Waals surface area contributed by atoms with E-state index in [0.29, 0.717) is 5.69 Å². The van der Waals surface area contributed by atoms with Crippen LogP contribution in [0.1, 0.15) is 12.5 Å². The van der Waals surface area contributed by atoms with Gasteiger partial charge in [0.1, 0.15) is 0 Å². The molecule has 0 heterocycles. The molecule has 0 saturated carbocycles. The number of carbonyl (C=O) groups is 1. The third-order valence-electron chi connectivity index (χ3n) is 1.74. The van der Waals surface area contributed by atoms with Crippen LogP contribution < -0.4 is 5.32 Å². The van der Waals surface area contributed by atoms with E-state index in [1.165, 1.54) is 19.1 Å². The second kappa shape index (κ2) is 3.87. The Kier molecular flexibility index (Phi) is 2.81. The van der Waals surface area contributed by atoms with Gasteiger partial charge in [-0.3, -0.25) is 14.9 Å². The predicted octanol–water partition coefficient (Wildman–Crippen LogP) is 1.86. The third-order valence-corrected chi connectivity index (χ3v) is 1.74. The molecule has 0 spiro atoms. The van der Waals surface area contributed by atoms with Gasteiger partial charge in [0.05, 0.1) is 10.6 Å². The molecule has 1 N–H and O–H groups in total. The third kappa shape index (κ3) is 2.29. The molecule has 0 radical (unpaired) electrons. The second-order valence-corrected chi connectivity index (χ2v) is 2.94. The Morgan fingerprint density at radius 3 is 2.64 bits per heavy atom. The second-order valence-electron chi connectivity index (χ2n) is 2.94. The van der Waals surface area contributed by atoms with E-state index >= 15 is 0 Å². The number of rotatable bonds is 2. The van der Waals surface area contributed by atoms with E-state index in [0.717, 1.165) is 5.56 Å². The first-order valence-electron chi connectivity index (χ1n) is 4.03. The van der Waals surface area contributed by atoms with Crippen molar-refractivity contribution in [3.63, 3.8) is 0 Å². The maximum absolute atomic E-state index is 10.8. The minimum absolute atomic E-state index is 0.0284. The topological polar surface area (TPSA) is 72.2 Å². The van der Waals surface area contributed by atoms with Gasteiger partial charge in [-0.1, -0.05) is 6.07 Å². The number of nitro groups is 1. The van der Waals surface area contributed by atoms with Crippen molar-refractivity contribution in [1.82, 2.24) is 0 Å². The van der Waals surface area contributed by atoms with Crippen LogP contribution in [0.4, 0.5) is 11.4 Å². The van der Waals surface area contributed by atoms with Crippen LogP contribution in [0.25, 0.3) is 0 Å². The molecule has 0 fully saturated rings. The number of nitrogens with one attached hydrogen (secondary N) is 1. The molecule has 5 heteroatoms. The smallest absolute Gasteiger partial charge is 0.271 e. The van der Waals surface area contributed by atoms with Gasteiger partial charge < -0.3 is 5.32 Å². The summed E-state index contributed by atoms with van der Waals surface area (Å²) in [5, 5.41) is 13.0. The number of benzene rings is 1. The van der Waals surface area contributed by atoms with Gasteiger partial charge in [-0.15, -0.1) is 0 Å². The molecule has 0 aliphatic rings. The van der Waals surface area contributed by atoms with Crippen LogP contribution in [0, 0.1) is 17.0 Å². The lowest BCUT2D eigenvalue weighted by Crippen LogP contribution is -2.07. The number of aryl methyl sites for hydroxylation is 1. The number of non-ortho nitro benzene ring substituents is 1. The molecule has 1 aromatic carbocycles. The van der Waals surface area contributed by atoms with E-state index in [-0.39, 0.29) is 11.6 Å². The summed E-state index contributed by atoms with van der Waals surface area (Å²) in [6, 6.07) is 4.35. The van der Waals surface area contributed by atoms with Gasteiger partial charge in [0.25, 0.3) is 5.69 Å². The summed E-state index contributed by atoms with van der Waals surface area (Å²) in [6.45, 7) is 3.13. The van der Waals surface area contributed by atoms with E-state index in [4.69, 9.17) is 0 Å². The molecule has 0 aliphatic heterocycles. The molecular weight excluding hydrogens is 184 g/mol. The Labute approximate surface area is 80.9 Å². The molecule has 74 valence electrons. The van der Waals surface area contributed by atoms with Crippen LogP contribution in [0.5, 0.6) is 0 Å². The summed E-state index contributed by atoms with van der Waals surface area (Å²) in [5.74, 6) is -0.242. The van der Waals surface area contributed by atoms with Gasteiger partial charge in [0, 0.05) is 19.1 Å². The summed E-state index contributed by atoms with van der Waals surface area (Å²) in [6.07, 6.45) is 0. The maximum atomic E-state index is 10.8. The van der Waals surface area contributed by atoms with Crippen LogP contribution in [0.3, 0.4) is 0 Å². The van der Waals surface area contributed by atoms with E-state index in [2.05, 4.69) is 5.32 Å². The van der Waals surface area contributed by atoms with Crippen molar-refractivity contribution in [2.45, 2.75) is 13.8 Å². The number of hydrogen-bond donors (Lipinski definition) is 1. The van der Waals surface area contributed by atoms with Crippen molar-refractivity contribution in [3.05, 3.63) is 33.9 Å². The van der Waals surface area contributed by atoms with Gasteiger partial charge in [-0.2, -0.15) is 0 Å². The van der Waals surface area contributed by atoms with Gasteiger partial charge in [0.15, 0.2) is 0 Å². The zero-order valence-electron chi connectivity index (χ0n) is 7.90. The SMILES string of the molecule is CC(=O)Nc1cc([N+](=O)[O-])ccc1C. The van der Waals surface area contributed by atoms with Gasteiger partial charge >= 0.3 is 0 Å². The standard InChI is InChI=1S/C9H10N2O3/c1-6-3-4-8(11(13)14)5-9(6)10-7(2)12/h3-5H,1-2H3,(H,10,12). The lowest BCUT2D eigenvalue weighted by Gasteiger charge is -2.05. The first kappa shape index (κ1) is 10.2. The van der Waals surface area contributed by atoms with Crippen LogP contribution in [0.15, 0.2) is 18.2 Å². The number of carbonyl (C=O) groups excluding carboxylic acids is 1. The normalized spacial score (nSPS) is 9.57. The summed E-state index contributed by atoms with van der Waals surface area (Å²) in [5.41, 5.74) is 1.25. The van der Waals surface area contributed by atoms with Crippen molar-refractivity contribution >= 4 is 17.3 Å². The molecule has 1 amide bonds. The highest BCUT2D eigenvalue weighted by molar-refractivity contribution is 5.89. The Hall–Kier alpha value is -1.91. The van der Waals surface area contributed by atoms with Crippen molar-refractivity contribution in [2.75, 3.05) is 5.32 Å². The molecule has 0 atom stereocenters. The zero-order chi connectivity index (χ0) is 10.7. The summed E-state index contributed by atoms with van der Waals surface area (Å²) < 4.78 is 0. The molecule has 0 bridgehead atoms. The van der Waals surface area contributed by atoms with Crippen LogP contribution >= 0.6 is 0 Å². The quantitative estimate of drug-likeness (QED) is 0.576. The van der Waals surface area contributed by atoms with E-state index < -0.39 is 4.92 Å². The fourth-order valence-electron chi connectivity index (χ4n) is 1.05. The highest BCUT2D eigenvalue weighted by atomic mass is 16.6. The zero-order valence-corrected chi connectivity index (χ0v) is 7.90. The van der Waals surface area contributed by atoms with Crippen LogP contribution in [0.2, 0.25) is 0 Å². The lowest BCUT2D eigenvalue weighted by atomic mass is 10.2. The van der Waals surface area contributed by atoms with E-state index in [1.807, 2.05) is 0 Å². The molecule has 0 aliphatic carbocycles. The van der Waals surface area contributed by atoms with Crippen molar-refractivity contribution < 1.29 is 9.72 Å². The monoisotopic (exact) mass is 194 g/mol. The Bertz CT molecular complexity index is 388. The largest absolute Gasteiger partial charge is 0.326 e. The Balaban J connectivity index is 3.08. The molecule has 0 unspecified atom stereocenters. The first-order chi connectivity index (χ1) is 6.50. The van der Waals surface area contributed by atoms with Crippen LogP contribution in [-0.4, -0.2) is 10.8 Å². The van der Waals surface area contributed by atoms with Gasteiger partial charge in [-0.25, -0.2) is 0 Å². The maximum Gasteiger partial charge on any atom is 0.271 e. The van der Waals surface area contributed by atoms with E-state index in [1.54, 1.807) is 13.0 Å². The predicted molar refractivity (Wildman–Crippen MR) is 52.1 cm³/mol. The summed E-state index contributed by atoms with van der Waals surface area (Å²) in [4.78, 5) is 20.7. The molecule has 14 heavy (non-hydrogen) atoms. The number of amides is 1. The molecule has 0 saturated heterocycles. The van der Waals surface area contributed by atoms with Crippen molar-refractivity contribution in [3.8, 4) is 0 Å². The summed E-state index contributed by atoms with van der Waals surface area (Å²) >= 11 is 0. The van der Waals surface area contributed by atoms with E-state index in [9.17, 15) is 14.9 Å². The molecule has 1 aromatic rings. The highest BCUT2D eigenvalue weighted by Gasteiger charge is 2.08. The van der Waals surface area contributed by atoms with Gasteiger partial charge in [0.2, 0.25) is 5.91 Å². The molecule has 0 aromatic heterocycles. The minimum Gasteiger partial charge on any atom is -0.326 e. The molecular formula is C9H10N2O3. The van der Waals surface area contributed by atoms with Crippen molar-refractivity contribution in [1.29, 1.82) is 0 Å². The lowest BCUT2D eigenvalue weighted by molar-refractivity contribution is -0.384. The number of anilines is 1. The molecule has 1 rings (SSSR count). The number of nitro benzene ring substituents is 1.